The minimum atomic E-state index is 0.481. The largest absolute Gasteiger partial charge is 0.314 e. The summed E-state index contributed by atoms with van der Waals surface area (Å²) >= 11 is 5.56. The maximum absolute atomic E-state index is 3.76. The van der Waals surface area contributed by atoms with Gasteiger partial charge in [0.15, 0.2) is 0 Å². The molecule has 0 saturated heterocycles. The van der Waals surface area contributed by atoms with E-state index >= 15 is 0 Å². The van der Waals surface area contributed by atoms with Crippen LogP contribution in [-0.2, 0) is 6.42 Å². The molecule has 1 aliphatic carbocycles. The third-order valence-electron chi connectivity index (χ3n) is 4.64. The van der Waals surface area contributed by atoms with Crippen LogP contribution in [0.15, 0.2) is 15.9 Å². The normalized spacial score (nSPS) is 24.3. The van der Waals surface area contributed by atoms with Crippen LogP contribution < -0.4 is 5.32 Å². The van der Waals surface area contributed by atoms with Crippen molar-refractivity contribution in [2.75, 3.05) is 6.54 Å². The van der Waals surface area contributed by atoms with Gasteiger partial charge in [-0.1, -0.05) is 33.6 Å². The minimum Gasteiger partial charge on any atom is -0.314 e. The predicted octanol–water partition coefficient (Wildman–Crippen LogP) is 5.25. The van der Waals surface area contributed by atoms with E-state index in [1.165, 1.54) is 41.5 Å². The van der Waals surface area contributed by atoms with E-state index in [4.69, 9.17) is 0 Å². The Bertz CT molecular complexity index is 399. The van der Waals surface area contributed by atoms with Crippen LogP contribution in [0.1, 0.15) is 51.3 Å². The summed E-state index contributed by atoms with van der Waals surface area (Å²) in [5, 5.41) is 5.95. The Morgan fingerprint density at radius 2 is 2.26 bits per heavy atom. The summed E-state index contributed by atoms with van der Waals surface area (Å²) in [6.07, 6.45) is 6.74. The topological polar surface area (TPSA) is 12.0 Å². The van der Waals surface area contributed by atoms with Crippen molar-refractivity contribution in [1.82, 2.24) is 5.32 Å². The first-order valence-corrected chi connectivity index (χ1v) is 9.17. The molecule has 0 radical (unpaired) electrons. The Kier molecular flexibility index (Phi) is 5.50. The lowest BCUT2D eigenvalue weighted by Gasteiger charge is -2.43. The van der Waals surface area contributed by atoms with Gasteiger partial charge in [-0.05, 0) is 64.5 Å². The molecular weight excluding hydrogens is 318 g/mol. The molecule has 2 rings (SSSR count). The molecule has 1 aromatic rings. The van der Waals surface area contributed by atoms with Crippen molar-refractivity contribution in [3.63, 3.8) is 0 Å². The van der Waals surface area contributed by atoms with Crippen molar-refractivity contribution >= 4 is 27.3 Å². The monoisotopic (exact) mass is 343 g/mol. The van der Waals surface area contributed by atoms with E-state index in [9.17, 15) is 0 Å². The Labute approximate surface area is 130 Å². The molecule has 1 saturated carbocycles. The van der Waals surface area contributed by atoms with Gasteiger partial charge in [-0.15, -0.1) is 11.3 Å². The highest BCUT2D eigenvalue weighted by Gasteiger charge is 2.37. The molecule has 1 nitrogen and oxygen atoms in total. The maximum atomic E-state index is 3.76. The standard InChI is InChI=1S/C16H26BrNS/c1-4-18-14(11-15-13(17)8-10-19-15)12-7-5-6-9-16(12,2)3/h8,10,12,14,18H,4-7,9,11H2,1-3H3. The number of hydrogen-bond acceptors (Lipinski definition) is 2. The molecule has 108 valence electrons. The lowest BCUT2D eigenvalue weighted by atomic mass is 9.65. The number of rotatable bonds is 5. The summed E-state index contributed by atoms with van der Waals surface area (Å²) in [5.41, 5.74) is 0.481. The predicted molar refractivity (Wildman–Crippen MR) is 88.9 cm³/mol. The van der Waals surface area contributed by atoms with Gasteiger partial charge < -0.3 is 5.32 Å². The molecule has 0 aromatic carbocycles. The highest BCUT2D eigenvalue weighted by molar-refractivity contribution is 9.10. The Balaban J connectivity index is 2.12. The van der Waals surface area contributed by atoms with Crippen molar-refractivity contribution in [2.45, 2.75) is 58.9 Å². The third kappa shape index (κ3) is 3.83. The summed E-state index contributed by atoms with van der Waals surface area (Å²) in [5.74, 6) is 0.801. The fraction of sp³-hybridized carbons (Fsp3) is 0.750. The molecule has 1 fully saturated rings. The van der Waals surface area contributed by atoms with Crippen molar-refractivity contribution in [1.29, 1.82) is 0 Å². The quantitative estimate of drug-likeness (QED) is 0.769. The highest BCUT2D eigenvalue weighted by Crippen LogP contribution is 2.43. The van der Waals surface area contributed by atoms with Gasteiger partial charge in [-0.25, -0.2) is 0 Å². The highest BCUT2D eigenvalue weighted by atomic mass is 79.9. The van der Waals surface area contributed by atoms with E-state index in [1.807, 2.05) is 11.3 Å². The zero-order valence-electron chi connectivity index (χ0n) is 12.3. The maximum Gasteiger partial charge on any atom is 0.0314 e. The molecule has 0 spiro atoms. The summed E-state index contributed by atoms with van der Waals surface area (Å²) in [4.78, 5) is 1.49. The second-order valence-corrected chi connectivity index (χ2v) is 8.26. The minimum absolute atomic E-state index is 0.481. The Morgan fingerprint density at radius 1 is 1.47 bits per heavy atom. The molecule has 1 aliphatic rings. The lowest BCUT2D eigenvalue weighted by Crippen LogP contribution is -2.46. The van der Waals surface area contributed by atoms with Gasteiger partial charge in [0.25, 0.3) is 0 Å². The van der Waals surface area contributed by atoms with Gasteiger partial charge in [0.05, 0.1) is 0 Å². The van der Waals surface area contributed by atoms with Crippen molar-refractivity contribution < 1.29 is 0 Å². The zero-order chi connectivity index (χ0) is 13.9. The molecule has 0 aliphatic heterocycles. The van der Waals surface area contributed by atoms with Crippen molar-refractivity contribution in [3.05, 3.63) is 20.8 Å². The van der Waals surface area contributed by atoms with Crippen LogP contribution in [0.4, 0.5) is 0 Å². The molecule has 2 atom stereocenters. The Morgan fingerprint density at radius 3 is 2.84 bits per heavy atom. The number of nitrogens with one attached hydrogen (secondary N) is 1. The molecule has 0 bridgehead atoms. The van der Waals surface area contributed by atoms with Crippen molar-refractivity contribution in [3.8, 4) is 0 Å². The SMILES string of the molecule is CCNC(Cc1sccc1Br)C1CCCCC1(C)C. The van der Waals surface area contributed by atoms with Gasteiger partial charge in [-0.2, -0.15) is 0 Å². The smallest absolute Gasteiger partial charge is 0.0314 e. The van der Waals surface area contributed by atoms with E-state index in [0.717, 1.165) is 12.5 Å². The number of thiophene rings is 1. The van der Waals surface area contributed by atoms with Gasteiger partial charge in [0.2, 0.25) is 0 Å². The summed E-state index contributed by atoms with van der Waals surface area (Å²) in [6.45, 7) is 8.22. The fourth-order valence-electron chi connectivity index (χ4n) is 3.56. The van der Waals surface area contributed by atoms with Gasteiger partial charge in [0, 0.05) is 15.4 Å². The van der Waals surface area contributed by atoms with Crippen LogP contribution in [0.25, 0.3) is 0 Å². The molecule has 0 amide bonds. The lowest BCUT2D eigenvalue weighted by molar-refractivity contribution is 0.0990. The van der Waals surface area contributed by atoms with Gasteiger partial charge >= 0.3 is 0 Å². The van der Waals surface area contributed by atoms with E-state index in [0.29, 0.717) is 11.5 Å². The van der Waals surface area contributed by atoms with Crippen molar-refractivity contribution in [2.24, 2.45) is 11.3 Å². The van der Waals surface area contributed by atoms with Crippen LogP contribution in [0.2, 0.25) is 0 Å². The number of likely N-dealkylation sites (N-methyl/N-ethyl adjacent to an activating group) is 1. The molecular formula is C16H26BrNS. The van der Waals surface area contributed by atoms with Crippen LogP contribution in [-0.4, -0.2) is 12.6 Å². The first kappa shape index (κ1) is 15.5. The third-order valence-corrected chi connectivity index (χ3v) is 6.59. The average molecular weight is 344 g/mol. The molecule has 19 heavy (non-hydrogen) atoms. The zero-order valence-corrected chi connectivity index (χ0v) is 14.7. The van der Waals surface area contributed by atoms with E-state index in [-0.39, 0.29) is 0 Å². The van der Waals surface area contributed by atoms with E-state index in [1.54, 1.807) is 0 Å². The average Bonchev–Trinajstić information content (AvgIpc) is 2.74. The molecule has 3 heteroatoms. The number of halogens is 1. The van der Waals surface area contributed by atoms with Crippen LogP contribution in [0.5, 0.6) is 0 Å². The second-order valence-electron chi connectivity index (χ2n) is 6.40. The first-order chi connectivity index (χ1) is 9.04. The van der Waals surface area contributed by atoms with Crippen LogP contribution in [0, 0.1) is 11.3 Å². The molecule has 1 aromatic heterocycles. The molecule has 1 N–H and O–H groups in total. The van der Waals surface area contributed by atoms with Gasteiger partial charge in [-0.3, -0.25) is 0 Å². The van der Waals surface area contributed by atoms with Gasteiger partial charge in [0.1, 0.15) is 0 Å². The molecule has 2 unspecified atom stereocenters. The fourth-order valence-corrected chi connectivity index (χ4v) is 5.13. The van der Waals surface area contributed by atoms with E-state index < -0.39 is 0 Å². The summed E-state index contributed by atoms with van der Waals surface area (Å²) in [6, 6.07) is 2.80. The van der Waals surface area contributed by atoms with E-state index in [2.05, 4.69) is 53.5 Å². The van der Waals surface area contributed by atoms with Crippen LogP contribution >= 0.6 is 27.3 Å². The number of hydrogen-bond donors (Lipinski definition) is 1. The Hall–Kier alpha value is 0.140. The summed E-state index contributed by atoms with van der Waals surface area (Å²) in [7, 11) is 0. The second kappa shape index (κ2) is 6.73. The first-order valence-electron chi connectivity index (χ1n) is 7.50. The molecule has 1 heterocycles. The van der Waals surface area contributed by atoms with Crippen LogP contribution in [0.3, 0.4) is 0 Å². The summed E-state index contributed by atoms with van der Waals surface area (Å²) < 4.78 is 1.29.